The molecule has 34 heavy (non-hydrogen) atoms. The molecule has 0 N–H and O–H groups in total. The van der Waals surface area contributed by atoms with E-state index in [-0.39, 0.29) is 17.2 Å². The minimum Gasteiger partial charge on any atom is -0.287 e. The van der Waals surface area contributed by atoms with E-state index in [1.165, 1.54) is 41.0 Å². The van der Waals surface area contributed by atoms with Crippen LogP contribution in [0.2, 0.25) is 0 Å². The van der Waals surface area contributed by atoms with Gasteiger partial charge in [-0.2, -0.15) is 0 Å². The van der Waals surface area contributed by atoms with Crippen LogP contribution in [0.1, 0.15) is 32.9 Å². The Bertz CT molecular complexity index is 1380. The quantitative estimate of drug-likeness (QED) is 0.221. The molecule has 0 aliphatic heterocycles. The van der Waals surface area contributed by atoms with Crippen molar-refractivity contribution in [1.29, 1.82) is 0 Å². The van der Waals surface area contributed by atoms with Crippen molar-refractivity contribution in [2.75, 3.05) is 4.90 Å². The number of thioether (sulfide) groups is 1. The summed E-state index contributed by atoms with van der Waals surface area (Å²) >= 11 is 2.71. The number of thiazole rings is 1. The highest BCUT2D eigenvalue weighted by Crippen LogP contribution is 2.32. The normalized spacial score (nSPS) is 11.3. The van der Waals surface area contributed by atoms with Gasteiger partial charge in [-0.1, -0.05) is 49.9 Å². The Balaban J connectivity index is 1.61. The first-order valence-corrected chi connectivity index (χ1v) is 12.8. The zero-order valence-electron chi connectivity index (χ0n) is 19.2. The number of rotatable bonds is 8. The van der Waals surface area contributed by atoms with E-state index < -0.39 is 5.82 Å². The van der Waals surface area contributed by atoms with Crippen LogP contribution in [-0.2, 0) is 17.1 Å². The zero-order chi connectivity index (χ0) is 24.2. The van der Waals surface area contributed by atoms with Gasteiger partial charge in [0.05, 0.1) is 22.3 Å². The maximum atomic E-state index is 14.3. The van der Waals surface area contributed by atoms with E-state index >= 15 is 0 Å². The lowest BCUT2D eigenvalue weighted by molar-refractivity contribution is -0.115. The molecule has 6 nitrogen and oxygen atoms in total. The molecule has 0 radical (unpaired) electrons. The molecule has 4 rings (SSSR count). The first-order valence-electron chi connectivity index (χ1n) is 11.0. The van der Waals surface area contributed by atoms with E-state index in [0.717, 1.165) is 12.1 Å². The van der Waals surface area contributed by atoms with Gasteiger partial charge in [0.2, 0.25) is 5.91 Å². The predicted octanol–water partition coefficient (Wildman–Crippen LogP) is 6.02. The first kappa shape index (κ1) is 24.1. The summed E-state index contributed by atoms with van der Waals surface area (Å²) in [5.41, 5.74) is 1.51. The highest BCUT2D eigenvalue weighted by Gasteiger charge is 2.21. The van der Waals surface area contributed by atoms with E-state index in [0.29, 0.717) is 39.4 Å². The number of aromatic nitrogens is 3. The van der Waals surface area contributed by atoms with Gasteiger partial charge in [-0.25, -0.2) is 14.4 Å². The van der Waals surface area contributed by atoms with Crippen molar-refractivity contribution in [3.05, 3.63) is 75.8 Å². The lowest BCUT2D eigenvalue weighted by atomic mass is 10.1. The molecule has 1 amide bonds. The van der Waals surface area contributed by atoms with Crippen LogP contribution in [0.3, 0.4) is 0 Å². The van der Waals surface area contributed by atoms with Crippen molar-refractivity contribution in [3.63, 3.8) is 0 Å². The third kappa shape index (κ3) is 5.20. The number of nitrogens with zero attached hydrogens (tertiary/aromatic N) is 4. The van der Waals surface area contributed by atoms with Crippen molar-refractivity contribution >= 4 is 50.7 Å². The standard InChI is InChI=1S/C25H25FN4O2S2/c1-16(2)12-13-29-23(32)19-8-4-6-10-21(19)28-24(29)33-14-18-15-34-25(27-18)30(17(3)31)22-11-7-5-9-20(22)26/h4-11,15-16H,12-14H2,1-3H3. The maximum Gasteiger partial charge on any atom is 0.262 e. The lowest BCUT2D eigenvalue weighted by Crippen LogP contribution is -2.24. The molecule has 2 aromatic heterocycles. The summed E-state index contributed by atoms with van der Waals surface area (Å²) in [7, 11) is 0. The molecule has 4 aromatic rings. The summed E-state index contributed by atoms with van der Waals surface area (Å²) in [6, 6.07) is 13.5. The number of benzene rings is 2. The molecule has 0 fully saturated rings. The zero-order valence-corrected chi connectivity index (χ0v) is 20.8. The second-order valence-corrected chi connectivity index (χ2v) is 10.0. The van der Waals surface area contributed by atoms with Crippen LogP contribution >= 0.6 is 23.1 Å². The fourth-order valence-electron chi connectivity index (χ4n) is 3.49. The van der Waals surface area contributed by atoms with Crippen molar-refractivity contribution in [1.82, 2.24) is 14.5 Å². The average Bonchev–Trinajstić information content (AvgIpc) is 3.26. The van der Waals surface area contributed by atoms with Gasteiger partial charge in [-0.15, -0.1) is 11.3 Å². The van der Waals surface area contributed by atoms with Crippen molar-refractivity contribution in [3.8, 4) is 0 Å². The van der Waals surface area contributed by atoms with Gasteiger partial charge in [0, 0.05) is 24.6 Å². The fraction of sp³-hybridized carbons (Fsp3) is 0.280. The number of hydrogen-bond donors (Lipinski definition) is 0. The van der Waals surface area contributed by atoms with Gasteiger partial charge in [-0.05, 0) is 36.6 Å². The van der Waals surface area contributed by atoms with Crippen LogP contribution in [0.5, 0.6) is 0 Å². The van der Waals surface area contributed by atoms with Crippen LogP contribution in [-0.4, -0.2) is 20.4 Å². The van der Waals surface area contributed by atoms with Crippen LogP contribution < -0.4 is 10.5 Å². The smallest absolute Gasteiger partial charge is 0.262 e. The van der Waals surface area contributed by atoms with E-state index in [2.05, 4.69) is 18.8 Å². The number of halogens is 1. The summed E-state index contributed by atoms with van der Waals surface area (Å²) in [5, 5.41) is 3.48. The van der Waals surface area contributed by atoms with Crippen LogP contribution in [0.4, 0.5) is 15.2 Å². The molecule has 0 atom stereocenters. The minimum absolute atomic E-state index is 0.0463. The Kier molecular flexibility index (Phi) is 7.43. The summed E-state index contributed by atoms with van der Waals surface area (Å²) in [4.78, 5) is 36.0. The molecule has 9 heteroatoms. The first-order chi connectivity index (χ1) is 16.3. The second kappa shape index (κ2) is 10.5. The van der Waals surface area contributed by atoms with Gasteiger partial charge < -0.3 is 0 Å². The molecule has 176 valence electrons. The molecule has 0 bridgehead atoms. The topological polar surface area (TPSA) is 68.1 Å². The minimum atomic E-state index is -0.488. The summed E-state index contributed by atoms with van der Waals surface area (Å²) in [6.07, 6.45) is 0.866. The Morgan fingerprint density at radius 2 is 1.88 bits per heavy atom. The number of para-hydroxylation sites is 2. The Morgan fingerprint density at radius 3 is 2.62 bits per heavy atom. The number of hydrogen-bond acceptors (Lipinski definition) is 6. The number of carbonyl (C=O) groups is 1. The SMILES string of the molecule is CC(=O)N(c1nc(CSc2nc3ccccc3c(=O)n2CCC(C)C)cs1)c1ccccc1F. The highest BCUT2D eigenvalue weighted by atomic mass is 32.2. The Labute approximate surface area is 205 Å². The summed E-state index contributed by atoms with van der Waals surface area (Å²) < 4.78 is 16.1. The van der Waals surface area contributed by atoms with Gasteiger partial charge in [0.15, 0.2) is 10.3 Å². The van der Waals surface area contributed by atoms with Gasteiger partial charge in [0.25, 0.3) is 5.56 Å². The van der Waals surface area contributed by atoms with Crippen molar-refractivity contribution < 1.29 is 9.18 Å². The Morgan fingerprint density at radius 1 is 1.15 bits per heavy atom. The predicted molar refractivity (Wildman–Crippen MR) is 136 cm³/mol. The maximum absolute atomic E-state index is 14.3. The van der Waals surface area contributed by atoms with Crippen molar-refractivity contribution in [2.45, 2.75) is 44.6 Å². The molecule has 2 aromatic carbocycles. The molecule has 0 aliphatic rings. The second-order valence-electron chi connectivity index (χ2n) is 8.27. The molecular weight excluding hydrogens is 471 g/mol. The van der Waals surface area contributed by atoms with E-state index in [4.69, 9.17) is 4.98 Å². The Hall–Kier alpha value is -3.04. The van der Waals surface area contributed by atoms with Crippen LogP contribution in [0.15, 0.2) is 63.9 Å². The number of amides is 1. The van der Waals surface area contributed by atoms with E-state index in [9.17, 15) is 14.0 Å². The van der Waals surface area contributed by atoms with Gasteiger partial charge >= 0.3 is 0 Å². The molecule has 0 spiro atoms. The van der Waals surface area contributed by atoms with Gasteiger partial charge in [-0.3, -0.25) is 19.1 Å². The largest absolute Gasteiger partial charge is 0.287 e. The highest BCUT2D eigenvalue weighted by molar-refractivity contribution is 7.98. The van der Waals surface area contributed by atoms with Crippen LogP contribution in [0.25, 0.3) is 10.9 Å². The fourth-order valence-corrected chi connectivity index (χ4v) is 5.39. The molecule has 2 heterocycles. The van der Waals surface area contributed by atoms with Gasteiger partial charge in [0.1, 0.15) is 5.82 Å². The molecular formula is C25H25FN4O2S2. The molecule has 0 saturated carbocycles. The summed E-state index contributed by atoms with van der Waals surface area (Å²) in [5.74, 6) is 0.107. The van der Waals surface area contributed by atoms with E-state index in [1.54, 1.807) is 28.8 Å². The molecule has 0 saturated heterocycles. The monoisotopic (exact) mass is 496 g/mol. The third-order valence-electron chi connectivity index (χ3n) is 5.24. The lowest BCUT2D eigenvalue weighted by Gasteiger charge is -2.18. The number of anilines is 2. The van der Waals surface area contributed by atoms with Crippen LogP contribution in [0, 0.1) is 11.7 Å². The number of carbonyl (C=O) groups excluding carboxylic acids is 1. The average molecular weight is 497 g/mol. The molecule has 0 unspecified atom stereocenters. The number of fused-ring (bicyclic) bond motifs is 1. The third-order valence-corrected chi connectivity index (χ3v) is 7.13. The summed E-state index contributed by atoms with van der Waals surface area (Å²) in [6.45, 7) is 6.22. The van der Waals surface area contributed by atoms with E-state index in [1.807, 2.05) is 23.6 Å². The van der Waals surface area contributed by atoms with Crippen molar-refractivity contribution in [2.24, 2.45) is 5.92 Å². The molecule has 0 aliphatic carbocycles.